The summed E-state index contributed by atoms with van der Waals surface area (Å²) in [7, 11) is 0. The Morgan fingerprint density at radius 1 is 1.37 bits per heavy atom. The molecule has 1 N–H and O–H groups in total. The summed E-state index contributed by atoms with van der Waals surface area (Å²) in [5.41, 5.74) is 1.92. The number of benzene rings is 1. The van der Waals surface area contributed by atoms with Gasteiger partial charge in [-0.3, -0.25) is 10.1 Å². The molecule has 0 radical (unpaired) electrons. The Balaban J connectivity index is 2.29. The summed E-state index contributed by atoms with van der Waals surface area (Å²) in [6, 6.07) is 9.15. The highest BCUT2D eigenvalue weighted by molar-refractivity contribution is 9.10. The van der Waals surface area contributed by atoms with E-state index in [0.717, 1.165) is 12.1 Å². The number of halogens is 1. The topological polar surface area (TPSA) is 68.1 Å². The number of hydrogen-bond donors (Lipinski definition) is 1. The van der Waals surface area contributed by atoms with E-state index in [9.17, 15) is 10.1 Å². The Morgan fingerprint density at radius 3 is 2.63 bits per heavy atom. The molecule has 98 valence electrons. The van der Waals surface area contributed by atoms with Crippen LogP contribution in [-0.2, 0) is 6.42 Å². The summed E-state index contributed by atoms with van der Waals surface area (Å²) in [5.74, 6) is 0.234. The van der Waals surface area contributed by atoms with Crippen molar-refractivity contribution in [3.8, 4) is 0 Å². The van der Waals surface area contributed by atoms with E-state index in [4.69, 9.17) is 0 Å². The van der Waals surface area contributed by atoms with Crippen molar-refractivity contribution in [1.82, 2.24) is 4.98 Å². The van der Waals surface area contributed by atoms with Crippen LogP contribution in [0.4, 0.5) is 17.2 Å². The summed E-state index contributed by atoms with van der Waals surface area (Å²) in [4.78, 5) is 14.5. The van der Waals surface area contributed by atoms with Crippen LogP contribution in [0.5, 0.6) is 0 Å². The van der Waals surface area contributed by atoms with Crippen LogP contribution in [0.3, 0.4) is 0 Å². The van der Waals surface area contributed by atoms with Gasteiger partial charge in [0.25, 0.3) is 0 Å². The van der Waals surface area contributed by atoms with Crippen LogP contribution in [0, 0.1) is 10.1 Å². The lowest BCUT2D eigenvalue weighted by Gasteiger charge is -2.07. The van der Waals surface area contributed by atoms with E-state index in [1.54, 1.807) is 0 Å². The standard InChI is InChI=1S/C13H12BrN3O2/c1-2-9-3-5-11(6-4-9)16-13-12(17(18)19)7-10(14)8-15-13/h3-8H,2H2,1H3,(H,15,16). The maximum absolute atomic E-state index is 11.0. The van der Waals surface area contributed by atoms with E-state index >= 15 is 0 Å². The highest BCUT2D eigenvalue weighted by atomic mass is 79.9. The maximum Gasteiger partial charge on any atom is 0.312 e. The molecule has 0 saturated carbocycles. The Hall–Kier alpha value is -1.95. The summed E-state index contributed by atoms with van der Waals surface area (Å²) >= 11 is 3.17. The molecule has 1 heterocycles. The lowest BCUT2D eigenvalue weighted by molar-refractivity contribution is -0.384. The second-order valence-corrected chi connectivity index (χ2v) is 4.87. The smallest absolute Gasteiger partial charge is 0.312 e. The highest BCUT2D eigenvalue weighted by Gasteiger charge is 2.15. The van der Waals surface area contributed by atoms with Crippen LogP contribution in [0.25, 0.3) is 0 Å². The summed E-state index contributed by atoms with van der Waals surface area (Å²) in [6.45, 7) is 2.07. The van der Waals surface area contributed by atoms with Gasteiger partial charge < -0.3 is 5.32 Å². The number of nitrogens with one attached hydrogen (secondary N) is 1. The third kappa shape index (κ3) is 3.29. The normalized spacial score (nSPS) is 10.2. The minimum atomic E-state index is -0.458. The molecular formula is C13H12BrN3O2. The van der Waals surface area contributed by atoms with Gasteiger partial charge in [-0.15, -0.1) is 0 Å². The minimum Gasteiger partial charge on any atom is -0.334 e. The minimum absolute atomic E-state index is 0.0612. The van der Waals surface area contributed by atoms with Crippen molar-refractivity contribution in [2.24, 2.45) is 0 Å². The Morgan fingerprint density at radius 2 is 2.05 bits per heavy atom. The lowest BCUT2D eigenvalue weighted by Crippen LogP contribution is -1.99. The Bertz CT molecular complexity index is 599. The van der Waals surface area contributed by atoms with E-state index < -0.39 is 4.92 Å². The third-order valence-corrected chi connectivity index (χ3v) is 3.09. The molecule has 0 saturated heterocycles. The average Bonchev–Trinajstić information content (AvgIpc) is 2.41. The van der Waals surface area contributed by atoms with Gasteiger partial charge in [0.1, 0.15) is 0 Å². The van der Waals surface area contributed by atoms with Crippen molar-refractivity contribution < 1.29 is 4.92 Å². The Kier molecular flexibility index (Phi) is 4.11. The second-order valence-electron chi connectivity index (χ2n) is 3.95. The molecule has 0 atom stereocenters. The van der Waals surface area contributed by atoms with E-state index in [2.05, 4.69) is 33.2 Å². The molecule has 0 bridgehead atoms. The van der Waals surface area contributed by atoms with Crippen molar-refractivity contribution in [1.29, 1.82) is 0 Å². The summed E-state index contributed by atoms with van der Waals surface area (Å²) in [6.07, 6.45) is 2.48. The molecule has 19 heavy (non-hydrogen) atoms. The number of aryl methyl sites for hydroxylation is 1. The molecule has 1 aromatic carbocycles. The number of anilines is 2. The molecule has 5 nitrogen and oxygen atoms in total. The van der Waals surface area contributed by atoms with Crippen molar-refractivity contribution in [2.75, 3.05) is 5.32 Å². The SMILES string of the molecule is CCc1ccc(Nc2ncc(Br)cc2[N+](=O)[O-])cc1. The summed E-state index contributed by atoms with van der Waals surface area (Å²) < 4.78 is 0.575. The number of aromatic nitrogens is 1. The number of rotatable bonds is 4. The molecule has 0 fully saturated rings. The fraction of sp³-hybridized carbons (Fsp3) is 0.154. The van der Waals surface area contributed by atoms with Crippen LogP contribution in [0.15, 0.2) is 41.0 Å². The molecule has 6 heteroatoms. The van der Waals surface area contributed by atoms with Gasteiger partial charge in [-0.2, -0.15) is 0 Å². The van der Waals surface area contributed by atoms with Gasteiger partial charge in [-0.25, -0.2) is 4.98 Å². The van der Waals surface area contributed by atoms with Gasteiger partial charge in [-0.1, -0.05) is 19.1 Å². The molecule has 0 unspecified atom stereocenters. The molecule has 2 rings (SSSR count). The van der Waals surface area contributed by atoms with Crippen LogP contribution in [-0.4, -0.2) is 9.91 Å². The van der Waals surface area contributed by atoms with Crippen LogP contribution in [0.2, 0.25) is 0 Å². The predicted molar refractivity (Wildman–Crippen MR) is 77.7 cm³/mol. The number of nitrogens with zero attached hydrogens (tertiary/aromatic N) is 2. The monoisotopic (exact) mass is 321 g/mol. The molecule has 0 aliphatic carbocycles. The fourth-order valence-corrected chi connectivity index (χ4v) is 1.94. The predicted octanol–water partition coefficient (Wildman–Crippen LogP) is 4.06. The maximum atomic E-state index is 11.0. The molecule has 2 aromatic rings. The zero-order valence-electron chi connectivity index (χ0n) is 10.3. The molecular weight excluding hydrogens is 310 g/mol. The number of pyridine rings is 1. The van der Waals surface area contributed by atoms with Crippen molar-refractivity contribution >= 4 is 33.1 Å². The highest BCUT2D eigenvalue weighted by Crippen LogP contribution is 2.28. The van der Waals surface area contributed by atoms with Crippen molar-refractivity contribution in [3.05, 3.63) is 56.7 Å². The second kappa shape index (κ2) is 5.79. The van der Waals surface area contributed by atoms with Crippen LogP contribution >= 0.6 is 15.9 Å². The average molecular weight is 322 g/mol. The van der Waals surface area contributed by atoms with Gasteiger partial charge in [0.15, 0.2) is 0 Å². The number of hydrogen-bond acceptors (Lipinski definition) is 4. The fourth-order valence-electron chi connectivity index (χ4n) is 1.62. The van der Waals surface area contributed by atoms with E-state index in [0.29, 0.717) is 4.47 Å². The zero-order valence-corrected chi connectivity index (χ0v) is 11.8. The molecule has 0 amide bonds. The Labute approximate surface area is 119 Å². The molecule has 0 aliphatic heterocycles. The first-order valence-corrected chi connectivity index (χ1v) is 6.55. The van der Waals surface area contributed by atoms with Crippen LogP contribution < -0.4 is 5.32 Å². The quantitative estimate of drug-likeness (QED) is 0.681. The zero-order chi connectivity index (χ0) is 13.8. The van der Waals surface area contributed by atoms with Gasteiger partial charge >= 0.3 is 5.69 Å². The van der Waals surface area contributed by atoms with Gasteiger partial charge in [0.2, 0.25) is 5.82 Å². The molecule has 1 aromatic heterocycles. The van der Waals surface area contributed by atoms with Gasteiger partial charge in [0.05, 0.1) is 4.92 Å². The third-order valence-electron chi connectivity index (χ3n) is 2.66. The van der Waals surface area contributed by atoms with E-state index in [1.807, 2.05) is 24.3 Å². The van der Waals surface area contributed by atoms with Gasteiger partial charge in [-0.05, 0) is 40.0 Å². The first-order chi connectivity index (χ1) is 9.10. The first-order valence-electron chi connectivity index (χ1n) is 5.76. The number of nitro groups is 1. The molecule has 0 aliphatic rings. The molecule has 0 spiro atoms. The van der Waals surface area contributed by atoms with Gasteiger partial charge in [0, 0.05) is 22.4 Å². The lowest BCUT2D eigenvalue weighted by atomic mass is 10.1. The van der Waals surface area contributed by atoms with Crippen LogP contribution in [0.1, 0.15) is 12.5 Å². The van der Waals surface area contributed by atoms with Crippen molar-refractivity contribution in [2.45, 2.75) is 13.3 Å². The first kappa shape index (κ1) is 13.5. The summed E-state index contributed by atoms with van der Waals surface area (Å²) in [5, 5.41) is 13.9. The largest absolute Gasteiger partial charge is 0.334 e. The van der Waals surface area contributed by atoms with E-state index in [-0.39, 0.29) is 11.5 Å². The van der Waals surface area contributed by atoms with E-state index in [1.165, 1.54) is 17.8 Å². The van der Waals surface area contributed by atoms with Crippen molar-refractivity contribution in [3.63, 3.8) is 0 Å².